The lowest BCUT2D eigenvalue weighted by Gasteiger charge is -2.08. The Morgan fingerprint density at radius 3 is 3.00 bits per heavy atom. The van der Waals surface area contributed by atoms with Crippen molar-refractivity contribution in [1.82, 2.24) is 9.78 Å². The predicted molar refractivity (Wildman–Crippen MR) is 51.4 cm³/mol. The molecule has 1 atom stereocenters. The molecular formula is C9H14N2O4. The Balaban J connectivity index is 2.50. The van der Waals surface area contributed by atoms with Gasteiger partial charge in [0.05, 0.1) is 32.7 Å². The van der Waals surface area contributed by atoms with Gasteiger partial charge in [0, 0.05) is 0 Å². The highest BCUT2D eigenvalue weighted by Crippen LogP contribution is 2.07. The molecule has 6 nitrogen and oxygen atoms in total. The molecule has 84 valence electrons. The minimum atomic E-state index is -1.20. The number of carbonyl (C=O) groups excluding carboxylic acids is 1. The Morgan fingerprint density at radius 1 is 1.73 bits per heavy atom. The number of nitrogens with zero attached hydrogens (tertiary/aromatic N) is 2. The van der Waals surface area contributed by atoms with Crippen molar-refractivity contribution in [3.63, 3.8) is 0 Å². The van der Waals surface area contributed by atoms with Crippen molar-refractivity contribution >= 4 is 5.97 Å². The number of rotatable bonds is 5. The number of esters is 1. The Hall–Kier alpha value is -1.56. The molecule has 0 aromatic carbocycles. The lowest BCUT2D eigenvalue weighted by atomic mass is 10.3. The summed E-state index contributed by atoms with van der Waals surface area (Å²) in [5.41, 5.74) is 0. The van der Waals surface area contributed by atoms with Crippen LogP contribution in [0, 0.1) is 0 Å². The minimum Gasteiger partial charge on any atom is -0.493 e. The third-order valence-electron chi connectivity index (χ3n) is 1.76. The molecule has 1 aromatic heterocycles. The molecule has 0 saturated heterocycles. The average molecular weight is 214 g/mol. The Labute approximate surface area is 87.4 Å². The number of aliphatic hydroxyl groups is 1. The van der Waals surface area contributed by atoms with E-state index in [-0.39, 0.29) is 13.2 Å². The fourth-order valence-corrected chi connectivity index (χ4v) is 1.04. The average Bonchev–Trinajstić information content (AvgIpc) is 2.66. The third-order valence-corrected chi connectivity index (χ3v) is 1.76. The van der Waals surface area contributed by atoms with E-state index in [2.05, 4.69) is 9.84 Å². The van der Waals surface area contributed by atoms with E-state index in [4.69, 9.17) is 4.74 Å². The summed E-state index contributed by atoms with van der Waals surface area (Å²) in [6.07, 6.45) is 1.88. The SMILES string of the molecule is CCOC(=O)C(O)Cn1cc(OC)cn1. The van der Waals surface area contributed by atoms with Crippen LogP contribution in [-0.2, 0) is 16.1 Å². The van der Waals surface area contributed by atoms with Crippen LogP contribution in [0.25, 0.3) is 0 Å². The molecule has 0 aliphatic carbocycles. The number of ether oxygens (including phenoxy) is 2. The van der Waals surface area contributed by atoms with Crippen LogP contribution in [0.3, 0.4) is 0 Å². The summed E-state index contributed by atoms with van der Waals surface area (Å²) in [5.74, 6) is -0.0713. The molecule has 0 fully saturated rings. The van der Waals surface area contributed by atoms with Gasteiger partial charge in [0.2, 0.25) is 0 Å². The van der Waals surface area contributed by atoms with E-state index in [9.17, 15) is 9.90 Å². The van der Waals surface area contributed by atoms with Crippen molar-refractivity contribution < 1.29 is 19.4 Å². The summed E-state index contributed by atoms with van der Waals surface area (Å²) < 4.78 is 11.0. The van der Waals surface area contributed by atoms with Crippen molar-refractivity contribution in [3.05, 3.63) is 12.4 Å². The zero-order chi connectivity index (χ0) is 11.3. The molecule has 1 N–H and O–H groups in total. The molecule has 0 amide bonds. The molecule has 0 radical (unpaired) electrons. The van der Waals surface area contributed by atoms with Crippen LogP contribution < -0.4 is 4.74 Å². The van der Waals surface area contributed by atoms with Gasteiger partial charge in [0.25, 0.3) is 0 Å². The van der Waals surface area contributed by atoms with Crippen molar-refractivity contribution in [2.24, 2.45) is 0 Å². The molecule has 6 heteroatoms. The van der Waals surface area contributed by atoms with E-state index in [0.29, 0.717) is 5.75 Å². The molecule has 15 heavy (non-hydrogen) atoms. The molecule has 1 aromatic rings. The number of hydrogen-bond donors (Lipinski definition) is 1. The molecule has 0 aliphatic rings. The standard InChI is InChI=1S/C9H14N2O4/c1-3-15-9(13)8(12)6-11-5-7(14-2)4-10-11/h4-5,8,12H,3,6H2,1-2H3. The number of hydrogen-bond acceptors (Lipinski definition) is 5. The fourth-order valence-electron chi connectivity index (χ4n) is 1.04. The van der Waals surface area contributed by atoms with Gasteiger partial charge in [-0.1, -0.05) is 0 Å². The maximum atomic E-state index is 11.1. The fraction of sp³-hybridized carbons (Fsp3) is 0.556. The smallest absolute Gasteiger partial charge is 0.336 e. The van der Waals surface area contributed by atoms with E-state index < -0.39 is 12.1 Å². The van der Waals surface area contributed by atoms with Gasteiger partial charge in [-0.15, -0.1) is 0 Å². The van der Waals surface area contributed by atoms with Crippen LogP contribution in [0.15, 0.2) is 12.4 Å². The van der Waals surface area contributed by atoms with Gasteiger partial charge < -0.3 is 14.6 Å². The molecule has 0 saturated carbocycles. The second kappa shape index (κ2) is 5.35. The first-order valence-corrected chi connectivity index (χ1v) is 4.58. The first kappa shape index (κ1) is 11.5. The summed E-state index contributed by atoms with van der Waals surface area (Å²) in [6.45, 7) is 1.99. The highest BCUT2D eigenvalue weighted by atomic mass is 16.5. The Kier molecular flexibility index (Phi) is 4.11. The van der Waals surface area contributed by atoms with Gasteiger partial charge >= 0.3 is 5.97 Å². The summed E-state index contributed by atoms with van der Waals surface area (Å²) >= 11 is 0. The Morgan fingerprint density at radius 2 is 2.47 bits per heavy atom. The zero-order valence-electron chi connectivity index (χ0n) is 8.71. The molecule has 0 bridgehead atoms. The normalized spacial score (nSPS) is 12.2. The van der Waals surface area contributed by atoms with Gasteiger partial charge in [-0.05, 0) is 6.92 Å². The minimum absolute atomic E-state index is 0.0577. The predicted octanol–water partition coefficient (Wildman–Crippen LogP) is -0.184. The number of aliphatic hydroxyl groups excluding tert-OH is 1. The second-order valence-corrected chi connectivity index (χ2v) is 2.87. The monoisotopic (exact) mass is 214 g/mol. The van der Waals surface area contributed by atoms with E-state index in [1.54, 1.807) is 13.1 Å². The van der Waals surface area contributed by atoms with Crippen LogP contribution in [0.1, 0.15) is 6.92 Å². The van der Waals surface area contributed by atoms with Gasteiger partial charge in [0.15, 0.2) is 11.9 Å². The topological polar surface area (TPSA) is 73.6 Å². The maximum Gasteiger partial charge on any atom is 0.336 e. The highest BCUT2D eigenvalue weighted by Gasteiger charge is 2.17. The molecule has 1 unspecified atom stereocenters. The molecule has 0 aliphatic heterocycles. The third kappa shape index (κ3) is 3.25. The van der Waals surface area contributed by atoms with E-state index >= 15 is 0 Å². The van der Waals surface area contributed by atoms with Crippen molar-refractivity contribution in [2.75, 3.05) is 13.7 Å². The summed E-state index contributed by atoms with van der Waals surface area (Å²) in [7, 11) is 1.52. The van der Waals surface area contributed by atoms with Gasteiger partial charge in [-0.25, -0.2) is 4.79 Å². The van der Waals surface area contributed by atoms with Crippen LogP contribution >= 0.6 is 0 Å². The van der Waals surface area contributed by atoms with Gasteiger partial charge in [0.1, 0.15) is 0 Å². The summed E-state index contributed by atoms with van der Waals surface area (Å²) in [6, 6.07) is 0. The second-order valence-electron chi connectivity index (χ2n) is 2.87. The quantitative estimate of drug-likeness (QED) is 0.688. The molecule has 1 rings (SSSR count). The van der Waals surface area contributed by atoms with E-state index in [1.165, 1.54) is 18.0 Å². The highest BCUT2D eigenvalue weighted by molar-refractivity contribution is 5.74. The number of methoxy groups -OCH3 is 1. The van der Waals surface area contributed by atoms with Crippen molar-refractivity contribution in [2.45, 2.75) is 19.6 Å². The maximum absolute atomic E-state index is 11.1. The van der Waals surface area contributed by atoms with Crippen LogP contribution in [0.2, 0.25) is 0 Å². The number of aromatic nitrogens is 2. The molecular weight excluding hydrogens is 200 g/mol. The van der Waals surface area contributed by atoms with E-state index in [1.807, 2.05) is 0 Å². The summed E-state index contributed by atoms with van der Waals surface area (Å²) in [4.78, 5) is 11.1. The largest absolute Gasteiger partial charge is 0.493 e. The van der Waals surface area contributed by atoms with Gasteiger partial charge in [-0.3, -0.25) is 4.68 Å². The Bertz CT molecular complexity index is 324. The van der Waals surface area contributed by atoms with E-state index in [0.717, 1.165) is 0 Å². The van der Waals surface area contributed by atoms with Crippen molar-refractivity contribution in [3.8, 4) is 5.75 Å². The van der Waals surface area contributed by atoms with Crippen LogP contribution in [0.4, 0.5) is 0 Å². The summed E-state index contributed by atoms with van der Waals surface area (Å²) in [5, 5.41) is 13.3. The lowest BCUT2D eigenvalue weighted by Crippen LogP contribution is -2.28. The van der Waals surface area contributed by atoms with Crippen LogP contribution in [0.5, 0.6) is 5.75 Å². The first-order chi connectivity index (χ1) is 7.17. The number of carbonyl (C=O) groups is 1. The lowest BCUT2D eigenvalue weighted by molar-refractivity contribution is -0.153. The zero-order valence-corrected chi connectivity index (χ0v) is 8.71. The first-order valence-electron chi connectivity index (χ1n) is 4.58. The van der Waals surface area contributed by atoms with Gasteiger partial charge in [-0.2, -0.15) is 5.10 Å². The van der Waals surface area contributed by atoms with Crippen LogP contribution in [-0.4, -0.2) is 40.7 Å². The van der Waals surface area contributed by atoms with Crippen molar-refractivity contribution in [1.29, 1.82) is 0 Å². The molecule has 1 heterocycles. The molecule has 0 spiro atoms.